The molecule has 0 aliphatic rings. The number of carbonyl (C=O) groups excluding carboxylic acids is 1. The summed E-state index contributed by atoms with van der Waals surface area (Å²) in [5, 5.41) is 4.92. The van der Waals surface area contributed by atoms with Crippen molar-refractivity contribution in [3.8, 4) is 10.6 Å². The van der Waals surface area contributed by atoms with E-state index < -0.39 is 0 Å². The molecule has 0 saturated heterocycles. The van der Waals surface area contributed by atoms with E-state index in [1.807, 2.05) is 29.6 Å². The Labute approximate surface area is 135 Å². The molecule has 1 N–H and O–H groups in total. The Bertz CT molecular complexity index is 753. The number of carbonyl (C=O) groups is 1. The zero-order valence-electron chi connectivity index (χ0n) is 10.9. The molecule has 0 aliphatic carbocycles. The van der Waals surface area contributed by atoms with Crippen LogP contribution >= 0.6 is 34.3 Å². The number of aromatic nitrogens is 1. The topological polar surface area (TPSA) is 42.0 Å². The van der Waals surface area contributed by atoms with Crippen LogP contribution in [0.5, 0.6) is 0 Å². The molecule has 0 atom stereocenters. The fraction of sp³-hybridized carbons (Fsp3) is 0.0667. The second-order valence-corrected chi connectivity index (χ2v) is 6.94. The summed E-state index contributed by atoms with van der Waals surface area (Å²) >= 11 is 8.75. The highest BCUT2D eigenvalue weighted by molar-refractivity contribution is 7.18. The van der Waals surface area contributed by atoms with Crippen LogP contribution in [-0.4, -0.2) is 10.9 Å². The van der Waals surface area contributed by atoms with Gasteiger partial charge >= 0.3 is 0 Å². The molecule has 0 bridgehead atoms. The van der Waals surface area contributed by atoms with Gasteiger partial charge in [0.2, 0.25) is 0 Å². The largest absolute Gasteiger partial charge is 0.347 e. The highest BCUT2D eigenvalue weighted by Gasteiger charge is 2.11. The summed E-state index contributed by atoms with van der Waals surface area (Å²) in [5.74, 6) is -0.118. The van der Waals surface area contributed by atoms with Gasteiger partial charge in [0, 0.05) is 12.7 Å². The van der Waals surface area contributed by atoms with Crippen molar-refractivity contribution in [1.29, 1.82) is 0 Å². The van der Waals surface area contributed by atoms with Crippen LogP contribution < -0.4 is 5.32 Å². The summed E-state index contributed by atoms with van der Waals surface area (Å²) < 4.78 is 0.612. The standard InChI is InChI=1S/C15H11ClN2OS2/c16-13-6-5-12(21-13)15(19)18-9-10-3-1-7-17-14(10)11-4-2-8-20-11/h1-8H,9H2,(H,18,19). The normalized spacial score (nSPS) is 10.5. The Morgan fingerprint density at radius 1 is 1.24 bits per heavy atom. The van der Waals surface area contributed by atoms with Gasteiger partial charge in [-0.2, -0.15) is 0 Å². The summed E-state index contributed by atoms with van der Waals surface area (Å²) in [6.07, 6.45) is 1.76. The van der Waals surface area contributed by atoms with Gasteiger partial charge in [0.15, 0.2) is 0 Å². The van der Waals surface area contributed by atoms with Gasteiger partial charge in [-0.25, -0.2) is 0 Å². The Morgan fingerprint density at radius 3 is 2.86 bits per heavy atom. The smallest absolute Gasteiger partial charge is 0.261 e. The number of pyridine rings is 1. The maximum atomic E-state index is 12.1. The van der Waals surface area contributed by atoms with E-state index in [9.17, 15) is 4.79 Å². The SMILES string of the molecule is O=C(NCc1cccnc1-c1cccs1)c1ccc(Cl)s1. The Morgan fingerprint density at radius 2 is 2.14 bits per heavy atom. The summed E-state index contributed by atoms with van der Waals surface area (Å²) in [6.45, 7) is 0.440. The number of amides is 1. The number of thiophene rings is 2. The monoisotopic (exact) mass is 334 g/mol. The van der Waals surface area contributed by atoms with Gasteiger partial charge in [0.25, 0.3) is 5.91 Å². The van der Waals surface area contributed by atoms with Crippen LogP contribution in [0.4, 0.5) is 0 Å². The van der Waals surface area contributed by atoms with E-state index in [0.29, 0.717) is 15.8 Å². The van der Waals surface area contributed by atoms with Crippen molar-refractivity contribution in [3.05, 3.63) is 62.8 Å². The van der Waals surface area contributed by atoms with E-state index in [4.69, 9.17) is 11.6 Å². The molecule has 3 aromatic rings. The maximum absolute atomic E-state index is 12.1. The first kappa shape index (κ1) is 14.3. The van der Waals surface area contributed by atoms with Crippen LogP contribution in [0.3, 0.4) is 0 Å². The Balaban J connectivity index is 1.75. The third-order valence-electron chi connectivity index (χ3n) is 2.88. The first-order valence-corrected chi connectivity index (χ1v) is 8.33. The second kappa shape index (κ2) is 6.39. The molecule has 6 heteroatoms. The lowest BCUT2D eigenvalue weighted by molar-refractivity contribution is 0.0955. The molecule has 0 fully saturated rings. The minimum Gasteiger partial charge on any atom is -0.347 e. The molecule has 0 saturated carbocycles. The number of rotatable bonds is 4. The van der Waals surface area contributed by atoms with E-state index >= 15 is 0 Å². The minimum atomic E-state index is -0.118. The lowest BCUT2D eigenvalue weighted by atomic mass is 10.1. The number of nitrogens with zero attached hydrogens (tertiary/aromatic N) is 1. The summed E-state index contributed by atoms with van der Waals surface area (Å²) in [5.41, 5.74) is 1.91. The molecule has 0 spiro atoms. The Hall–Kier alpha value is -1.69. The van der Waals surface area contributed by atoms with Crippen molar-refractivity contribution in [3.63, 3.8) is 0 Å². The van der Waals surface area contributed by atoms with Crippen LogP contribution in [0, 0.1) is 0 Å². The predicted molar refractivity (Wildman–Crippen MR) is 88.0 cm³/mol. The van der Waals surface area contributed by atoms with Gasteiger partial charge in [0.05, 0.1) is 19.8 Å². The van der Waals surface area contributed by atoms with Gasteiger partial charge in [0.1, 0.15) is 0 Å². The number of halogens is 1. The van der Waals surface area contributed by atoms with E-state index in [1.165, 1.54) is 11.3 Å². The first-order chi connectivity index (χ1) is 10.2. The summed E-state index contributed by atoms with van der Waals surface area (Å²) in [6, 6.07) is 11.3. The zero-order chi connectivity index (χ0) is 14.7. The molecule has 3 aromatic heterocycles. The molecule has 3 nitrogen and oxygen atoms in total. The molecule has 3 heterocycles. The number of hydrogen-bond acceptors (Lipinski definition) is 4. The second-order valence-electron chi connectivity index (χ2n) is 4.27. The zero-order valence-corrected chi connectivity index (χ0v) is 13.3. The molecule has 21 heavy (non-hydrogen) atoms. The van der Waals surface area contributed by atoms with Crippen molar-refractivity contribution >= 4 is 40.2 Å². The minimum absolute atomic E-state index is 0.118. The van der Waals surface area contributed by atoms with Crippen LogP contribution in [0.15, 0.2) is 48.0 Å². The van der Waals surface area contributed by atoms with Gasteiger partial charge in [-0.05, 0) is 35.2 Å². The third kappa shape index (κ3) is 3.32. The van der Waals surface area contributed by atoms with Crippen molar-refractivity contribution in [2.45, 2.75) is 6.54 Å². The maximum Gasteiger partial charge on any atom is 0.261 e. The lowest BCUT2D eigenvalue weighted by Crippen LogP contribution is -2.22. The van der Waals surface area contributed by atoms with Crippen molar-refractivity contribution in [2.75, 3.05) is 0 Å². The molecular formula is C15H11ClN2OS2. The molecule has 1 amide bonds. The fourth-order valence-corrected chi connectivity index (χ4v) is 3.63. The molecule has 0 unspecified atom stereocenters. The summed E-state index contributed by atoms with van der Waals surface area (Å²) in [7, 11) is 0. The Kier molecular flexibility index (Phi) is 4.34. The van der Waals surface area contributed by atoms with E-state index in [0.717, 1.165) is 16.1 Å². The molecular weight excluding hydrogens is 324 g/mol. The molecule has 0 radical (unpaired) electrons. The average molecular weight is 335 g/mol. The molecule has 0 aromatic carbocycles. The molecule has 106 valence electrons. The van der Waals surface area contributed by atoms with Gasteiger partial charge in [-0.1, -0.05) is 23.7 Å². The van der Waals surface area contributed by atoms with E-state index in [2.05, 4.69) is 10.3 Å². The van der Waals surface area contributed by atoms with Gasteiger partial charge in [-0.15, -0.1) is 22.7 Å². The fourth-order valence-electron chi connectivity index (χ4n) is 1.92. The first-order valence-electron chi connectivity index (χ1n) is 6.25. The van der Waals surface area contributed by atoms with E-state index in [1.54, 1.807) is 29.7 Å². The quantitative estimate of drug-likeness (QED) is 0.765. The van der Waals surface area contributed by atoms with Crippen LogP contribution in [0.1, 0.15) is 15.2 Å². The van der Waals surface area contributed by atoms with E-state index in [-0.39, 0.29) is 5.91 Å². The van der Waals surface area contributed by atoms with Crippen molar-refractivity contribution < 1.29 is 4.79 Å². The van der Waals surface area contributed by atoms with Crippen LogP contribution in [0.25, 0.3) is 10.6 Å². The number of hydrogen-bond donors (Lipinski definition) is 1. The predicted octanol–water partition coefficient (Wildman–Crippen LogP) is 4.46. The number of nitrogens with one attached hydrogen (secondary N) is 1. The van der Waals surface area contributed by atoms with Gasteiger partial charge < -0.3 is 5.32 Å². The highest BCUT2D eigenvalue weighted by Crippen LogP contribution is 2.26. The molecule has 3 rings (SSSR count). The molecule has 0 aliphatic heterocycles. The highest BCUT2D eigenvalue weighted by atomic mass is 35.5. The lowest BCUT2D eigenvalue weighted by Gasteiger charge is -2.08. The van der Waals surface area contributed by atoms with Crippen LogP contribution in [-0.2, 0) is 6.54 Å². The van der Waals surface area contributed by atoms with Crippen molar-refractivity contribution in [2.24, 2.45) is 0 Å². The van der Waals surface area contributed by atoms with Crippen molar-refractivity contribution in [1.82, 2.24) is 10.3 Å². The van der Waals surface area contributed by atoms with Crippen LogP contribution in [0.2, 0.25) is 4.34 Å². The summed E-state index contributed by atoms with van der Waals surface area (Å²) in [4.78, 5) is 18.2. The average Bonchev–Trinajstić information content (AvgIpc) is 3.16. The van der Waals surface area contributed by atoms with Gasteiger partial charge in [-0.3, -0.25) is 9.78 Å². The third-order valence-corrected chi connectivity index (χ3v) is 4.99.